The molecule has 0 saturated heterocycles. The summed E-state index contributed by atoms with van der Waals surface area (Å²) in [6.45, 7) is 0.555. The van der Waals surface area contributed by atoms with Crippen LogP contribution in [0.3, 0.4) is 0 Å². The number of ether oxygens (including phenoxy) is 2. The first kappa shape index (κ1) is 12.2. The van der Waals surface area contributed by atoms with E-state index in [-0.39, 0.29) is 5.97 Å². The summed E-state index contributed by atoms with van der Waals surface area (Å²) in [5.41, 5.74) is 1.54. The summed E-state index contributed by atoms with van der Waals surface area (Å²) in [7, 11) is 1.36. The van der Waals surface area contributed by atoms with Gasteiger partial charge in [-0.2, -0.15) is 0 Å². The molecule has 0 saturated carbocycles. The predicted octanol–water partition coefficient (Wildman–Crippen LogP) is 1.82. The molecule has 5 nitrogen and oxygen atoms in total. The molecular formula is C13H14N2O3. The monoisotopic (exact) mass is 246 g/mol. The van der Waals surface area contributed by atoms with Crippen molar-refractivity contribution in [1.82, 2.24) is 9.97 Å². The fourth-order valence-corrected chi connectivity index (χ4v) is 1.51. The Labute approximate surface area is 105 Å². The highest BCUT2D eigenvalue weighted by atomic mass is 16.5. The quantitative estimate of drug-likeness (QED) is 0.817. The van der Waals surface area contributed by atoms with Crippen molar-refractivity contribution in [3.8, 4) is 5.75 Å². The second kappa shape index (κ2) is 5.86. The maximum atomic E-state index is 11.2. The summed E-state index contributed by atoms with van der Waals surface area (Å²) in [6, 6.07) is 6.85. The van der Waals surface area contributed by atoms with Gasteiger partial charge in [-0.05, 0) is 24.3 Å². The predicted molar refractivity (Wildman–Crippen MR) is 65.6 cm³/mol. The highest BCUT2D eigenvalue weighted by molar-refractivity contribution is 5.89. The number of methoxy groups -OCH3 is 1. The number of imidazole rings is 1. The third-order valence-electron chi connectivity index (χ3n) is 2.47. The average molecular weight is 246 g/mol. The van der Waals surface area contributed by atoms with E-state index >= 15 is 0 Å². The normalized spacial score (nSPS) is 10.1. The molecule has 2 rings (SSSR count). The maximum absolute atomic E-state index is 11.2. The van der Waals surface area contributed by atoms with Gasteiger partial charge in [0.05, 0.1) is 25.6 Å². The number of carbonyl (C=O) groups excluding carboxylic acids is 1. The fraction of sp³-hybridized carbons (Fsp3) is 0.231. The molecule has 1 heterocycles. The minimum atomic E-state index is -0.348. The number of hydrogen-bond acceptors (Lipinski definition) is 4. The number of carbonyl (C=O) groups is 1. The van der Waals surface area contributed by atoms with Crippen LogP contribution in [-0.2, 0) is 11.2 Å². The third kappa shape index (κ3) is 3.10. The Morgan fingerprint density at radius 3 is 2.72 bits per heavy atom. The molecular weight excluding hydrogens is 232 g/mol. The van der Waals surface area contributed by atoms with Crippen LogP contribution in [0.5, 0.6) is 5.75 Å². The third-order valence-corrected chi connectivity index (χ3v) is 2.47. The van der Waals surface area contributed by atoms with Gasteiger partial charge in [0.1, 0.15) is 5.75 Å². The van der Waals surface area contributed by atoms with Crippen molar-refractivity contribution in [1.29, 1.82) is 0 Å². The molecule has 5 heteroatoms. The van der Waals surface area contributed by atoms with Crippen LogP contribution in [-0.4, -0.2) is 29.7 Å². The van der Waals surface area contributed by atoms with Crippen molar-refractivity contribution in [2.45, 2.75) is 6.42 Å². The minimum absolute atomic E-state index is 0.348. The molecule has 0 unspecified atom stereocenters. The van der Waals surface area contributed by atoms with Crippen LogP contribution in [0.1, 0.15) is 16.1 Å². The molecule has 2 aromatic rings. The first-order chi connectivity index (χ1) is 8.79. The Morgan fingerprint density at radius 2 is 2.11 bits per heavy atom. The molecule has 94 valence electrons. The SMILES string of the molecule is COC(=O)c1ccc(OCCc2cnc[nH]2)cc1. The molecule has 0 aliphatic rings. The highest BCUT2D eigenvalue weighted by Crippen LogP contribution is 2.13. The lowest BCUT2D eigenvalue weighted by Gasteiger charge is -2.05. The zero-order valence-electron chi connectivity index (χ0n) is 10.1. The molecule has 0 radical (unpaired) electrons. The van der Waals surface area contributed by atoms with E-state index in [1.54, 1.807) is 36.8 Å². The van der Waals surface area contributed by atoms with E-state index in [2.05, 4.69) is 14.7 Å². The molecule has 0 aliphatic heterocycles. The number of benzene rings is 1. The molecule has 0 bridgehead atoms. The number of esters is 1. The number of rotatable bonds is 5. The Balaban J connectivity index is 1.85. The zero-order valence-corrected chi connectivity index (χ0v) is 10.1. The second-order valence-corrected chi connectivity index (χ2v) is 3.69. The summed E-state index contributed by atoms with van der Waals surface area (Å²) in [5.74, 6) is 0.376. The van der Waals surface area contributed by atoms with Gasteiger partial charge in [0.2, 0.25) is 0 Å². The van der Waals surface area contributed by atoms with Crippen LogP contribution in [0.4, 0.5) is 0 Å². The molecule has 0 spiro atoms. The second-order valence-electron chi connectivity index (χ2n) is 3.69. The van der Waals surface area contributed by atoms with Gasteiger partial charge >= 0.3 is 5.97 Å². The van der Waals surface area contributed by atoms with Gasteiger partial charge < -0.3 is 14.5 Å². The number of nitrogens with zero attached hydrogens (tertiary/aromatic N) is 1. The van der Waals surface area contributed by atoms with Gasteiger partial charge in [-0.3, -0.25) is 0 Å². The molecule has 18 heavy (non-hydrogen) atoms. The summed E-state index contributed by atoms with van der Waals surface area (Å²) in [4.78, 5) is 18.1. The molecule has 1 aromatic heterocycles. The Hall–Kier alpha value is -2.30. The van der Waals surface area contributed by atoms with Crippen molar-refractivity contribution in [2.75, 3.05) is 13.7 Å². The summed E-state index contributed by atoms with van der Waals surface area (Å²) < 4.78 is 10.2. The molecule has 1 aromatic carbocycles. The van der Waals surface area contributed by atoms with Crippen LogP contribution in [0.25, 0.3) is 0 Å². The highest BCUT2D eigenvalue weighted by Gasteiger charge is 2.04. The molecule has 1 N–H and O–H groups in total. The van der Waals surface area contributed by atoms with Gasteiger partial charge in [0, 0.05) is 18.3 Å². The zero-order chi connectivity index (χ0) is 12.8. The van der Waals surface area contributed by atoms with E-state index in [0.717, 1.165) is 17.9 Å². The summed E-state index contributed by atoms with van der Waals surface area (Å²) in [5, 5.41) is 0. The summed E-state index contributed by atoms with van der Waals surface area (Å²) >= 11 is 0. The number of aromatic nitrogens is 2. The Morgan fingerprint density at radius 1 is 1.33 bits per heavy atom. The fourth-order valence-electron chi connectivity index (χ4n) is 1.51. The van der Waals surface area contributed by atoms with Gasteiger partial charge in [-0.15, -0.1) is 0 Å². The van der Waals surface area contributed by atoms with Gasteiger partial charge in [-0.1, -0.05) is 0 Å². The van der Waals surface area contributed by atoms with Crippen LogP contribution in [0.2, 0.25) is 0 Å². The van der Waals surface area contributed by atoms with Crippen LogP contribution < -0.4 is 4.74 Å². The van der Waals surface area contributed by atoms with E-state index in [9.17, 15) is 4.79 Å². The van der Waals surface area contributed by atoms with Crippen LogP contribution >= 0.6 is 0 Å². The Kier molecular flexibility index (Phi) is 3.96. The largest absolute Gasteiger partial charge is 0.493 e. The van der Waals surface area contributed by atoms with Gasteiger partial charge in [-0.25, -0.2) is 9.78 Å². The number of aromatic amines is 1. The van der Waals surface area contributed by atoms with E-state index in [0.29, 0.717) is 12.2 Å². The standard InChI is InChI=1S/C13H14N2O3/c1-17-13(16)10-2-4-12(5-3-10)18-7-6-11-8-14-9-15-11/h2-5,8-9H,6-7H2,1H3,(H,14,15). The van der Waals surface area contributed by atoms with Gasteiger partial charge in [0.25, 0.3) is 0 Å². The van der Waals surface area contributed by atoms with Crippen LogP contribution in [0, 0.1) is 0 Å². The minimum Gasteiger partial charge on any atom is -0.493 e. The van der Waals surface area contributed by atoms with E-state index in [1.807, 2.05) is 0 Å². The maximum Gasteiger partial charge on any atom is 0.337 e. The first-order valence-corrected chi connectivity index (χ1v) is 5.58. The lowest BCUT2D eigenvalue weighted by molar-refractivity contribution is 0.0600. The van der Waals surface area contributed by atoms with E-state index in [4.69, 9.17) is 4.74 Å². The summed E-state index contributed by atoms with van der Waals surface area (Å²) in [6.07, 6.45) is 4.17. The average Bonchev–Trinajstić information content (AvgIpc) is 2.92. The van der Waals surface area contributed by atoms with Crippen molar-refractivity contribution in [3.05, 3.63) is 48.0 Å². The van der Waals surface area contributed by atoms with Crippen molar-refractivity contribution in [2.24, 2.45) is 0 Å². The Bertz CT molecular complexity index is 491. The number of nitrogens with one attached hydrogen (secondary N) is 1. The van der Waals surface area contributed by atoms with E-state index in [1.165, 1.54) is 7.11 Å². The molecule has 0 fully saturated rings. The number of hydrogen-bond donors (Lipinski definition) is 1. The van der Waals surface area contributed by atoms with Gasteiger partial charge in [0.15, 0.2) is 0 Å². The smallest absolute Gasteiger partial charge is 0.337 e. The lowest BCUT2D eigenvalue weighted by atomic mass is 10.2. The lowest BCUT2D eigenvalue weighted by Crippen LogP contribution is -2.03. The number of H-pyrrole nitrogens is 1. The first-order valence-electron chi connectivity index (χ1n) is 5.58. The molecule has 0 atom stereocenters. The molecule has 0 amide bonds. The van der Waals surface area contributed by atoms with Crippen molar-refractivity contribution < 1.29 is 14.3 Å². The topological polar surface area (TPSA) is 64.2 Å². The van der Waals surface area contributed by atoms with Crippen LogP contribution in [0.15, 0.2) is 36.8 Å². The van der Waals surface area contributed by atoms with E-state index < -0.39 is 0 Å². The van der Waals surface area contributed by atoms with Crippen molar-refractivity contribution in [3.63, 3.8) is 0 Å². The van der Waals surface area contributed by atoms with Crippen molar-refractivity contribution >= 4 is 5.97 Å². The molecule has 0 aliphatic carbocycles.